The van der Waals surface area contributed by atoms with Crippen LogP contribution in [0.2, 0.25) is 0 Å². The molecular formula is CH4NiO5PS+. The molecule has 0 spiro atoms. The minimum atomic E-state index is -3.92. The average Bonchev–Trinajstić information content (AvgIpc) is 1.27. The molecule has 0 aliphatic rings. The molecule has 0 aliphatic heterocycles. The van der Waals surface area contributed by atoms with E-state index >= 15 is 0 Å². The molecule has 0 fully saturated rings. The Balaban J connectivity index is -0.0000000800. The van der Waals surface area contributed by atoms with Gasteiger partial charge in [0.25, 0.3) is 0 Å². The van der Waals surface area contributed by atoms with E-state index in [4.69, 9.17) is 22.4 Å². The Morgan fingerprint density at radius 2 is 1.56 bits per heavy atom. The molecule has 0 aromatic rings. The zero-order valence-corrected chi connectivity index (χ0v) is 6.95. The van der Waals surface area contributed by atoms with E-state index in [-0.39, 0.29) is 16.5 Å². The molecule has 0 heterocycles. The first-order chi connectivity index (χ1) is 3.41. The molecular weight excluding hydrogens is 214 g/mol. The number of rotatable bonds is 0. The van der Waals surface area contributed by atoms with Gasteiger partial charge in [-0.1, -0.05) is 0 Å². The molecule has 58 valence electrons. The third kappa shape index (κ3) is 1650. The molecule has 0 atom stereocenters. The summed E-state index contributed by atoms with van der Waals surface area (Å²) in [4.78, 5) is 6.99. The van der Waals surface area contributed by atoms with Crippen molar-refractivity contribution in [1.82, 2.24) is 0 Å². The summed E-state index contributed by atoms with van der Waals surface area (Å²) in [5.41, 5.74) is 0. The second-order valence-electron chi connectivity index (χ2n) is 0.786. The first kappa shape index (κ1) is 16.2. The van der Waals surface area contributed by atoms with Crippen LogP contribution in [0, 0.1) is 0 Å². The Kier molecular flexibility index (Phi) is 15.3. The molecule has 0 aromatic carbocycles. The smallest absolute Gasteiger partial charge is 0.748 e. The number of hydrogen-bond acceptors (Lipinski definition) is 4. The van der Waals surface area contributed by atoms with E-state index in [0.717, 1.165) is 0 Å². The van der Waals surface area contributed by atoms with Crippen molar-refractivity contribution in [3.63, 3.8) is 0 Å². The second-order valence-corrected chi connectivity index (χ2v) is 2.36. The Hall–Kier alpha value is 0.464. The standard InChI is InChI=1S/CH4O3S.Ni.HO2P/c1-5(2,3)4;;1-3-2/h1H3,(H,2,3,4);;(H,1,2)/q;+2;/p-1. The molecule has 0 saturated carbocycles. The molecule has 0 unspecified atom stereocenters. The Labute approximate surface area is 64.4 Å². The van der Waals surface area contributed by atoms with Crippen molar-refractivity contribution in [2.45, 2.75) is 0 Å². The van der Waals surface area contributed by atoms with Gasteiger partial charge in [0, 0.05) is 6.26 Å². The van der Waals surface area contributed by atoms with Gasteiger partial charge in [0.15, 0.2) is 0 Å². The Morgan fingerprint density at radius 1 is 1.56 bits per heavy atom. The molecule has 8 heteroatoms. The van der Waals surface area contributed by atoms with Crippen LogP contribution in [0.4, 0.5) is 0 Å². The van der Waals surface area contributed by atoms with E-state index < -0.39 is 18.8 Å². The molecule has 0 saturated heterocycles. The van der Waals surface area contributed by atoms with Crippen LogP contribution in [0.1, 0.15) is 0 Å². The van der Waals surface area contributed by atoms with Crippen LogP contribution in [0.15, 0.2) is 0 Å². The first-order valence-electron chi connectivity index (χ1n) is 1.29. The largest absolute Gasteiger partial charge is 2.00 e. The summed E-state index contributed by atoms with van der Waals surface area (Å²) in [5, 5.41) is 0. The van der Waals surface area contributed by atoms with Gasteiger partial charge in [0.05, 0.1) is 10.1 Å². The van der Waals surface area contributed by atoms with E-state index in [1.807, 2.05) is 0 Å². The minimum absolute atomic E-state index is 0. The Morgan fingerprint density at radius 3 is 1.56 bits per heavy atom. The summed E-state index contributed by atoms with van der Waals surface area (Å²) in [7, 11) is -4.75. The summed E-state index contributed by atoms with van der Waals surface area (Å²) >= 11 is 0. The zero-order chi connectivity index (χ0) is 7.21. The van der Waals surface area contributed by atoms with Crippen molar-refractivity contribution < 1.29 is 38.9 Å². The SMILES string of the molecule is CS(=O)(=O)[O-].O=PO.[Ni+2]. The van der Waals surface area contributed by atoms with Crippen LogP contribution in [-0.2, 0) is 31.2 Å². The van der Waals surface area contributed by atoms with Crippen molar-refractivity contribution >= 4 is 18.8 Å². The third-order valence-corrected chi connectivity index (χ3v) is 0. The molecule has 9 heavy (non-hydrogen) atoms. The van der Waals surface area contributed by atoms with Gasteiger partial charge in [-0.05, 0) is 0 Å². The fraction of sp³-hybridized carbons (Fsp3) is 1.00. The van der Waals surface area contributed by atoms with Gasteiger partial charge in [-0.2, -0.15) is 0 Å². The maximum atomic E-state index is 9.08. The van der Waals surface area contributed by atoms with Gasteiger partial charge in [0.1, 0.15) is 0 Å². The quantitative estimate of drug-likeness (QED) is 0.331. The van der Waals surface area contributed by atoms with Crippen molar-refractivity contribution in [3.8, 4) is 0 Å². The van der Waals surface area contributed by atoms with Crippen LogP contribution in [-0.4, -0.2) is 24.1 Å². The normalized spacial score (nSPS) is 8.78. The summed E-state index contributed by atoms with van der Waals surface area (Å²) < 4.78 is 35.7. The Bertz CT molecular complexity index is 131. The van der Waals surface area contributed by atoms with E-state index in [2.05, 4.69) is 0 Å². The predicted octanol–water partition coefficient (Wildman–Crippen LogP) is -0.656. The molecule has 0 aliphatic carbocycles. The van der Waals surface area contributed by atoms with E-state index in [0.29, 0.717) is 6.26 Å². The van der Waals surface area contributed by atoms with Crippen molar-refractivity contribution in [2.24, 2.45) is 0 Å². The third-order valence-electron chi connectivity index (χ3n) is 0. The van der Waals surface area contributed by atoms with Crippen molar-refractivity contribution in [1.29, 1.82) is 0 Å². The molecule has 0 aromatic heterocycles. The molecule has 0 radical (unpaired) electrons. The van der Waals surface area contributed by atoms with Gasteiger partial charge in [-0.25, -0.2) is 13.0 Å². The van der Waals surface area contributed by atoms with E-state index in [9.17, 15) is 0 Å². The summed E-state index contributed by atoms with van der Waals surface area (Å²) in [5.74, 6) is 0. The summed E-state index contributed by atoms with van der Waals surface area (Å²) in [6, 6.07) is 0. The van der Waals surface area contributed by atoms with Crippen LogP contribution < -0.4 is 0 Å². The first-order valence-corrected chi connectivity index (χ1v) is 3.87. The van der Waals surface area contributed by atoms with Gasteiger partial charge in [-0.15, -0.1) is 0 Å². The monoisotopic (exact) mass is 217 g/mol. The van der Waals surface area contributed by atoms with Crippen LogP contribution >= 0.6 is 8.69 Å². The minimum Gasteiger partial charge on any atom is -0.748 e. The molecule has 1 N–H and O–H groups in total. The number of hydrogen-bond donors (Lipinski definition) is 1. The topological polar surface area (TPSA) is 94.5 Å². The fourth-order valence-electron chi connectivity index (χ4n) is 0. The van der Waals surface area contributed by atoms with E-state index in [1.165, 1.54) is 0 Å². The van der Waals surface area contributed by atoms with Gasteiger partial charge in [0.2, 0.25) is 0 Å². The van der Waals surface area contributed by atoms with Gasteiger partial charge in [-0.3, -0.25) is 0 Å². The summed E-state index contributed by atoms with van der Waals surface area (Å²) in [6.45, 7) is 0. The van der Waals surface area contributed by atoms with Crippen LogP contribution in [0.25, 0.3) is 0 Å². The molecule has 0 bridgehead atoms. The maximum absolute atomic E-state index is 9.08. The molecule has 0 rings (SSSR count). The van der Waals surface area contributed by atoms with Crippen molar-refractivity contribution in [3.05, 3.63) is 0 Å². The molecule has 0 amide bonds. The van der Waals surface area contributed by atoms with Crippen molar-refractivity contribution in [2.75, 3.05) is 6.26 Å². The molecule has 5 nitrogen and oxygen atoms in total. The van der Waals surface area contributed by atoms with E-state index in [1.54, 1.807) is 0 Å². The second kappa shape index (κ2) is 8.46. The maximum Gasteiger partial charge on any atom is 2.00 e. The average molecular weight is 218 g/mol. The van der Waals surface area contributed by atoms with Gasteiger partial charge >= 0.3 is 25.2 Å². The van der Waals surface area contributed by atoms with Crippen LogP contribution in [0.5, 0.6) is 0 Å². The van der Waals surface area contributed by atoms with Gasteiger partial charge < -0.3 is 9.45 Å². The fourth-order valence-corrected chi connectivity index (χ4v) is 0. The van der Waals surface area contributed by atoms with Crippen LogP contribution in [0.3, 0.4) is 0 Å². The zero-order valence-electron chi connectivity index (χ0n) is 4.25. The summed E-state index contributed by atoms with van der Waals surface area (Å²) in [6.07, 6.45) is 0.604. The predicted molar refractivity (Wildman–Crippen MR) is 25.4 cm³/mol.